The van der Waals surface area contributed by atoms with E-state index in [1.807, 2.05) is 20.8 Å². The molecule has 0 spiro atoms. The van der Waals surface area contributed by atoms with Crippen LogP contribution in [0.4, 0.5) is 10.1 Å². The molecule has 1 aliphatic rings. The van der Waals surface area contributed by atoms with E-state index >= 15 is 0 Å². The van der Waals surface area contributed by atoms with Crippen molar-refractivity contribution in [3.63, 3.8) is 0 Å². The van der Waals surface area contributed by atoms with Gasteiger partial charge in [-0.15, -0.1) is 0 Å². The number of nitriles is 1. The molecule has 1 aromatic rings. The van der Waals surface area contributed by atoms with Crippen LogP contribution in [0.15, 0.2) is 24.3 Å². The predicted molar refractivity (Wildman–Crippen MR) is 90.0 cm³/mol. The Kier molecular flexibility index (Phi) is 6.29. The van der Waals surface area contributed by atoms with Gasteiger partial charge >= 0.3 is 0 Å². The molecule has 0 aliphatic carbocycles. The van der Waals surface area contributed by atoms with Crippen molar-refractivity contribution in [3.8, 4) is 6.07 Å². The molecule has 6 heteroatoms. The van der Waals surface area contributed by atoms with Crippen molar-refractivity contribution in [2.75, 3.05) is 24.5 Å². The van der Waals surface area contributed by atoms with Crippen molar-refractivity contribution in [1.82, 2.24) is 4.90 Å². The lowest BCUT2D eigenvalue weighted by Gasteiger charge is -2.39. The summed E-state index contributed by atoms with van der Waals surface area (Å²) in [6, 6.07) is 7.53. The molecule has 0 N–H and O–H groups in total. The lowest BCUT2D eigenvalue weighted by atomic mass is 10.1. The summed E-state index contributed by atoms with van der Waals surface area (Å²) in [4.78, 5) is 16.7. The van der Waals surface area contributed by atoms with Crippen LogP contribution in [0.5, 0.6) is 0 Å². The first-order chi connectivity index (χ1) is 11.4. The third-order valence-corrected chi connectivity index (χ3v) is 4.20. The zero-order valence-electron chi connectivity index (χ0n) is 14.4. The first kappa shape index (κ1) is 18.4. The Labute approximate surface area is 142 Å². The zero-order valence-corrected chi connectivity index (χ0v) is 14.4. The smallest absolute Gasteiger partial charge is 0.244 e. The minimum absolute atomic E-state index is 0.0716. The van der Waals surface area contributed by atoms with Crippen molar-refractivity contribution in [2.24, 2.45) is 0 Å². The highest BCUT2D eigenvalue weighted by molar-refractivity contribution is 5.97. The summed E-state index contributed by atoms with van der Waals surface area (Å²) in [5, 5.41) is 8.87. The molecule has 0 radical (unpaired) electrons. The Bertz CT molecular complexity index is 589. The van der Waals surface area contributed by atoms with E-state index in [4.69, 9.17) is 10.00 Å². The van der Waals surface area contributed by atoms with Gasteiger partial charge in [0.15, 0.2) is 0 Å². The van der Waals surface area contributed by atoms with Gasteiger partial charge in [0.25, 0.3) is 0 Å². The lowest BCUT2D eigenvalue weighted by molar-refractivity contribution is -0.129. The number of morpholine rings is 1. The molecule has 5 nitrogen and oxygen atoms in total. The van der Waals surface area contributed by atoms with Crippen molar-refractivity contribution in [3.05, 3.63) is 30.1 Å². The molecule has 1 amide bonds. The van der Waals surface area contributed by atoms with Crippen molar-refractivity contribution >= 4 is 11.6 Å². The Morgan fingerprint density at radius 2 is 1.96 bits per heavy atom. The molecule has 1 aromatic carbocycles. The summed E-state index contributed by atoms with van der Waals surface area (Å²) in [5.41, 5.74) is 0.609. The molecule has 1 heterocycles. The number of anilines is 1. The Balaban J connectivity index is 2.17. The third kappa shape index (κ3) is 4.53. The average molecular weight is 333 g/mol. The lowest BCUT2D eigenvalue weighted by Crippen LogP contribution is -2.55. The van der Waals surface area contributed by atoms with Crippen LogP contribution >= 0.6 is 0 Å². The minimum atomic E-state index is -0.352. The maximum atomic E-state index is 13.2. The van der Waals surface area contributed by atoms with Gasteiger partial charge in [0.1, 0.15) is 5.82 Å². The second kappa shape index (κ2) is 8.22. The molecule has 0 saturated carbocycles. The number of carbonyl (C=O) groups excluding carboxylic acids is 1. The molecule has 2 rings (SSSR count). The summed E-state index contributed by atoms with van der Waals surface area (Å²) in [6.07, 6.45) is 0.371. The highest BCUT2D eigenvalue weighted by Crippen LogP contribution is 2.20. The molecule has 3 atom stereocenters. The topological polar surface area (TPSA) is 56.6 Å². The molecule has 1 aliphatic heterocycles. The monoisotopic (exact) mass is 333 g/mol. The molecule has 1 saturated heterocycles. The van der Waals surface area contributed by atoms with Crippen LogP contribution < -0.4 is 4.90 Å². The Hall–Kier alpha value is -1.97. The molecule has 24 heavy (non-hydrogen) atoms. The van der Waals surface area contributed by atoms with Crippen LogP contribution in [0, 0.1) is 17.1 Å². The first-order valence-electron chi connectivity index (χ1n) is 8.25. The van der Waals surface area contributed by atoms with Crippen molar-refractivity contribution < 1.29 is 13.9 Å². The zero-order chi connectivity index (χ0) is 17.7. The summed E-state index contributed by atoms with van der Waals surface area (Å²) >= 11 is 0. The van der Waals surface area contributed by atoms with Crippen LogP contribution in [-0.4, -0.2) is 48.7 Å². The Morgan fingerprint density at radius 3 is 2.50 bits per heavy atom. The van der Waals surface area contributed by atoms with E-state index < -0.39 is 0 Å². The van der Waals surface area contributed by atoms with E-state index in [2.05, 4.69) is 11.0 Å². The normalized spacial score (nSPS) is 22.6. The number of ether oxygens (including phenoxy) is 1. The van der Waals surface area contributed by atoms with Gasteiger partial charge < -0.3 is 9.64 Å². The van der Waals surface area contributed by atoms with Gasteiger partial charge in [0, 0.05) is 25.3 Å². The number of hydrogen-bond donors (Lipinski definition) is 0. The summed E-state index contributed by atoms with van der Waals surface area (Å²) in [5.74, 6) is -0.437. The second-order valence-electron chi connectivity index (χ2n) is 6.26. The number of carbonyl (C=O) groups is 1. The molecule has 3 unspecified atom stereocenters. The van der Waals surface area contributed by atoms with Crippen molar-refractivity contribution in [1.29, 1.82) is 5.26 Å². The average Bonchev–Trinajstić information content (AvgIpc) is 2.55. The third-order valence-electron chi connectivity index (χ3n) is 4.20. The largest absolute Gasteiger partial charge is 0.373 e. The highest BCUT2D eigenvalue weighted by atomic mass is 19.1. The molecule has 0 aromatic heterocycles. The Morgan fingerprint density at radius 1 is 1.38 bits per heavy atom. The van der Waals surface area contributed by atoms with E-state index in [-0.39, 0.29) is 36.4 Å². The molecular formula is C18H24FN3O2. The highest BCUT2D eigenvalue weighted by Gasteiger charge is 2.32. The van der Waals surface area contributed by atoms with Gasteiger partial charge in [0.05, 0.1) is 30.7 Å². The number of nitrogens with zero attached hydrogens (tertiary/aromatic N) is 3. The number of amides is 1. The van der Waals surface area contributed by atoms with Crippen LogP contribution in [0.25, 0.3) is 0 Å². The fraction of sp³-hybridized carbons (Fsp3) is 0.556. The van der Waals surface area contributed by atoms with Gasteiger partial charge in [-0.2, -0.15) is 5.26 Å². The molecule has 0 bridgehead atoms. The number of halogens is 1. The molecular weight excluding hydrogens is 309 g/mol. The van der Waals surface area contributed by atoms with E-state index in [1.54, 1.807) is 17.0 Å². The van der Waals surface area contributed by atoms with Crippen LogP contribution in [-0.2, 0) is 9.53 Å². The summed E-state index contributed by atoms with van der Waals surface area (Å²) < 4.78 is 18.9. The van der Waals surface area contributed by atoms with Gasteiger partial charge in [-0.05, 0) is 45.0 Å². The van der Waals surface area contributed by atoms with Gasteiger partial charge in [-0.1, -0.05) is 0 Å². The SMILES string of the molecule is CC1CN(C(C)C(=O)N(CCC#N)c2ccc(F)cc2)CC(C)O1. The maximum absolute atomic E-state index is 13.2. The van der Waals surface area contributed by atoms with E-state index in [0.717, 1.165) is 0 Å². The van der Waals surface area contributed by atoms with Crippen LogP contribution in [0.3, 0.4) is 0 Å². The first-order valence-corrected chi connectivity index (χ1v) is 8.25. The number of hydrogen-bond acceptors (Lipinski definition) is 4. The van der Waals surface area contributed by atoms with Gasteiger partial charge in [0.2, 0.25) is 5.91 Å². The standard InChI is InChI=1S/C18H24FN3O2/c1-13-11-21(12-14(2)24-13)15(3)18(23)22(10-4-9-20)17-7-5-16(19)6-8-17/h5-8,13-15H,4,10-12H2,1-3H3. The number of benzene rings is 1. The number of rotatable bonds is 5. The van der Waals surface area contributed by atoms with Crippen LogP contribution in [0.2, 0.25) is 0 Å². The summed E-state index contributed by atoms with van der Waals surface area (Å²) in [7, 11) is 0. The fourth-order valence-electron chi connectivity index (χ4n) is 3.06. The predicted octanol–water partition coefficient (Wildman–Crippen LogP) is 2.57. The van der Waals surface area contributed by atoms with E-state index in [0.29, 0.717) is 25.3 Å². The fourth-order valence-corrected chi connectivity index (χ4v) is 3.06. The van der Waals surface area contributed by atoms with Gasteiger partial charge in [-0.3, -0.25) is 9.69 Å². The minimum Gasteiger partial charge on any atom is -0.373 e. The van der Waals surface area contributed by atoms with E-state index in [9.17, 15) is 9.18 Å². The van der Waals surface area contributed by atoms with E-state index in [1.165, 1.54) is 12.1 Å². The van der Waals surface area contributed by atoms with Crippen LogP contribution in [0.1, 0.15) is 27.2 Å². The summed E-state index contributed by atoms with van der Waals surface area (Å²) in [6.45, 7) is 7.52. The quantitative estimate of drug-likeness (QED) is 0.831. The second-order valence-corrected chi connectivity index (χ2v) is 6.26. The van der Waals surface area contributed by atoms with Crippen molar-refractivity contribution in [2.45, 2.75) is 45.4 Å². The van der Waals surface area contributed by atoms with Gasteiger partial charge in [-0.25, -0.2) is 4.39 Å². The molecule has 130 valence electrons. The maximum Gasteiger partial charge on any atom is 0.244 e. The molecule has 1 fully saturated rings.